The molecule has 2 nitrogen and oxygen atoms in total. The Labute approximate surface area is 102 Å². The summed E-state index contributed by atoms with van der Waals surface area (Å²) in [5, 5.41) is 4.05. The molecule has 90 valence electrons. The van der Waals surface area contributed by atoms with Gasteiger partial charge < -0.3 is 5.32 Å². The Morgan fingerprint density at radius 1 is 1.12 bits per heavy atom. The first-order chi connectivity index (χ1) is 7.76. The summed E-state index contributed by atoms with van der Waals surface area (Å²) in [6, 6.07) is 0.474. The molecule has 0 spiro atoms. The van der Waals surface area contributed by atoms with Crippen LogP contribution in [0.3, 0.4) is 0 Å². The fourth-order valence-corrected chi connectivity index (χ4v) is 4.33. The Morgan fingerprint density at radius 3 is 2.50 bits per heavy atom. The summed E-state index contributed by atoms with van der Waals surface area (Å²) in [5.41, 5.74) is 0. The molecule has 3 saturated carbocycles. The van der Waals surface area contributed by atoms with E-state index in [1.54, 1.807) is 0 Å². The Hall–Kier alpha value is -0.180. The molecule has 4 atom stereocenters. The third-order valence-electron chi connectivity index (χ3n) is 4.68. The van der Waals surface area contributed by atoms with Crippen LogP contribution in [0, 0.1) is 17.8 Å². The topological polar surface area (TPSA) is 29.1 Å². The largest absolute Gasteiger partial charge is 0.353 e. The number of hydrogen-bond donors (Lipinski definition) is 1. The molecule has 16 heavy (non-hydrogen) atoms. The minimum atomic E-state index is 0.358. The molecule has 3 aliphatic carbocycles. The molecule has 0 aromatic rings. The number of carbonyl (C=O) groups is 1. The van der Waals surface area contributed by atoms with Gasteiger partial charge in [0.2, 0.25) is 5.91 Å². The fourth-order valence-electron chi connectivity index (χ4n) is 3.53. The van der Waals surface area contributed by atoms with Gasteiger partial charge in [-0.3, -0.25) is 4.79 Å². The second-order valence-corrected chi connectivity index (χ2v) is 6.94. The van der Waals surface area contributed by atoms with Gasteiger partial charge in [-0.2, -0.15) is 11.8 Å². The van der Waals surface area contributed by atoms with Gasteiger partial charge in [-0.1, -0.05) is 0 Å². The van der Waals surface area contributed by atoms with E-state index in [4.69, 9.17) is 0 Å². The van der Waals surface area contributed by atoms with E-state index in [-0.39, 0.29) is 0 Å². The van der Waals surface area contributed by atoms with Crippen LogP contribution in [0.2, 0.25) is 0 Å². The third-order valence-corrected chi connectivity index (χ3v) is 5.77. The molecule has 0 saturated heterocycles. The highest BCUT2D eigenvalue weighted by Crippen LogP contribution is 2.54. The molecule has 4 unspecified atom stereocenters. The zero-order valence-electron chi connectivity index (χ0n) is 9.95. The van der Waals surface area contributed by atoms with Crippen molar-refractivity contribution >= 4 is 17.7 Å². The van der Waals surface area contributed by atoms with Crippen molar-refractivity contribution in [3.05, 3.63) is 0 Å². The monoisotopic (exact) mass is 239 g/mol. The molecule has 0 bridgehead atoms. The standard InChI is InChI=1S/C13H21NOS/c1-16-12-3-2-11(7-12)14-13(15)10-5-8-4-9(8)6-10/h8-12H,2-7H2,1H3,(H,14,15). The van der Waals surface area contributed by atoms with Crippen LogP contribution in [-0.2, 0) is 4.79 Å². The predicted octanol–water partition coefficient (Wildman–Crippen LogP) is 2.43. The predicted molar refractivity (Wildman–Crippen MR) is 67.4 cm³/mol. The first-order valence-electron chi connectivity index (χ1n) is 6.59. The highest BCUT2D eigenvalue weighted by atomic mass is 32.2. The zero-order valence-corrected chi connectivity index (χ0v) is 10.8. The first kappa shape index (κ1) is 10.9. The third kappa shape index (κ3) is 2.11. The Balaban J connectivity index is 1.46. The van der Waals surface area contributed by atoms with Crippen LogP contribution in [0.4, 0.5) is 0 Å². The van der Waals surface area contributed by atoms with Crippen LogP contribution >= 0.6 is 11.8 Å². The maximum absolute atomic E-state index is 12.0. The molecule has 0 aromatic heterocycles. The molecule has 3 rings (SSSR count). The lowest BCUT2D eigenvalue weighted by Gasteiger charge is -2.17. The van der Waals surface area contributed by atoms with Gasteiger partial charge in [0.1, 0.15) is 0 Å². The zero-order chi connectivity index (χ0) is 11.1. The molecule has 3 heteroatoms. The van der Waals surface area contributed by atoms with E-state index in [0.717, 1.165) is 17.1 Å². The summed E-state index contributed by atoms with van der Waals surface area (Å²) in [6.07, 6.45) is 9.59. The number of thioether (sulfide) groups is 1. The molecule has 0 heterocycles. The van der Waals surface area contributed by atoms with E-state index in [1.165, 1.54) is 38.5 Å². The SMILES string of the molecule is CSC1CCC(NC(=O)C2CC3CC3C2)C1. The Morgan fingerprint density at radius 2 is 1.88 bits per heavy atom. The maximum Gasteiger partial charge on any atom is 0.223 e. The quantitative estimate of drug-likeness (QED) is 0.819. The van der Waals surface area contributed by atoms with Crippen molar-refractivity contribution in [3.8, 4) is 0 Å². The van der Waals surface area contributed by atoms with Gasteiger partial charge in [-0.25, -0.2) is 0 Å². The van der Waals surface area contributed by atoms with E-state index in [9.17, 15) is 4.79 Å². The van der Waals surface area contributed by atoms with Crippen molar-refractivity contribution in [1.82, 2.24) is 5.32 Å². The highest BCUT2D eigenvalue weighted by molar-refractivity contribution is 7.99. The van der Waals surface area contributed by atoms with Gasteiger partial charge in [0.15, 0.2) is 0 Å². The average molecular weight is 239 g/mol. The van der Waals surface area contributed by atoms with Gasteiger partial charge >= 0.3 is 0 Å². The van der Waals surface area contributed by atoms with Gasteiger partial charge in [0.05, 0.1) is 0 Å². The second kappa shape index (κ2) is 4.25. The number of nitrogens with one attached hydrogen (secondary N) is 1. The molecule has 0 aromatic carbocycles. The summed E-state index contributed by atoms with van der Waals surface area (Å²) < 4.78 is 0. The van der Waals surface area contributed by atoms with Crippen molar-refractivity contribution in [1.29, 1.82) is 0 Å². The number of amides is 1. The fraction of sp³-hybridized carbons (Fsp3) is 0.923. The Bertz CT molecular complexity index is 284. The van der Waals surface area contributed by atoms with Crippen LogP contribution in [0.1, 0.15) is 38.5 Å². The number of carbonyl (C=O) groups excluding carboxylic acids is 1. The van der Waals surface area contributed by atoms with Crippen LogP contribution in [-0.4, -0.2) is 23.5 Å². The summed E-state index contributed by atoms with van der Waals surface area (Å²) in [4.78, 5) is 12.0. The lowest BCUT2D eigenvalue weighted by Crippen LogP contribution is -2.37. The minimum Gasteiger partial charge on any atom is -0.353 e. The summed E-state index contributed by atoms with van der Waals surface area (Å²) in [5.74, 6) is 2.55. The van der Waals surface area contributed by atoms with Crippen molar-refractivity contribution in [3.63, 3.8) is 0 Å². The van der Waals surface area contributed by atoms with Crippen molar-refractivity contribution in [2.24, 2.45) is 17.8 Å². The van der Waals surface area contributed by atoms with E-state index in [0.29, 0.717) is 17.9 Å². The summed E-state index contributed by atoms with van der Waals surface area (Å²) in [7, 11) is 0. The smallest absolute Gasteiger partial charge is 0.223 e. The van der Waals surface area contributed by atoms with E-state index in [2.05, 4.69) is 11.6 Å². The summed E-state index contributed by atoms with van der Waals surface area (Å²) in [6.45, 7) is 0. The van der Waals surface area contributed by atoms with Gasteiger partial charge in [0.25, 0.3) is 0 Å². The van der Waals surface area contributed by atoms with Gasteiger partial charge in [0, 0.05) is 17.2 Å². The molecule has 3 fully saturated rings. The van der Waals surface area contributed by atoms with Crippen LogP contribution in [0.25, 0.3) is 0 Å². The average Bonchev–Trinajstić information content (AvgIpc) is 2.74. The highest BCUT2D eigenvalue weighted by Gasteiger charge is 2.48. The first-order valence-corrected chi connectivity index (χ1v) is 7.88. The second-order valence-electron chi connectivity index (χ2n) is 5.80. The molecule has 3 aliphatic rings. The number of rotatable bonds is 3. The number of hydrogen-bond acceptors (Lipinski definition) is 2. The molecule has 0 aliphatic heterocycles. The normalized spacial score (nSPS) is 45.4. The number of fused-ring (bicyclic) bond motifs is 1. The van der Waals surface area contributed by atoms with Crippen LogP contribution in [0.5, 0.6) is 0 Å². The van der Waals surface area contributed by atoms with Crippen LogP contribution < -0.4 is 5.32 Å². The molecular formula is C13H21NOS. The van der Waals surface area contributed by atoms with Crippen molar-refractivity contribution in [2.45, 2.75) is 49.8 Å². The minimum absolute atomic E-state index is 0.358. The molecule has 0 radical (unpaired) electrons. The van der Waals surface area contributed by atoms with E-state index in [1.807, 2.05) is 11.8 Å². The van der Waals surface area contributed by atoms with Crippen LogP contribution in [0.15, 0.2) is 0 Å². The van der Waals surface area contributed by atoms with E-state index < -0.39 is 0 Å². The summed E-state index contributed by atoms with van der Waals surface area (Å²) >= 11 is 1.95. The van der Waals surface area contributed by atoms with Gasteiger partial charge in [-0.05, 0) is 56.6 Å². The van der Waals surface area contributed by atoms with Gasteiger partial charge in [-0.15, -0.1) is 0 Å². The molecule has 1 N–H and O–H groups in total. The molecular weight excluding hydrogens is 218 g/mol. The van der Waals surface area contributed by atoms with Crippen molar-refractivity contribution in [2.75, 3.05) is 6.26 Å². The van der Waals surface area contributed by atoms with E-state index >= 15 is 0 Å². The maximum atomic E-state index is 12.0. The Kier molecular flexibility index (Phi) is 2.90. The molecule has 1 amide bonds. The van der Waals surface area contributed by atoms with Crippen molar-refractivity contribution < 1.29 is 4.79 Å². The lowest BCUT2D eigenvalue weighted by atomic mass is 10.0. The lowest BCUT2D eigenvalue weighted by molar-refractivity contribution is -0.125.